The van der Waals surface area contributed by atoms with Crippen LogP contribution in [0.15, 0.2) is 48.5 Å². The fourth-order valence-corrected chi connectivity index (χ4v) is 5.01. The monoisotopic (exact) mass is 333 g/mol. The SMILES string of the molecule is Cc1ccc([C@@]23OC[C@H]4CCCC[C@H]4N2C(=O)c2ccccc23)cc1. The van der Waals surface area contributed by atoms with Gasteiger partial charge in [-0.25, -0.2) is 0 Å². The normalized spacial score (nSPS) is 30.6. The van der Waals surface area contributed by atoms with E-state index >= 15 is 0 Å². The van der Waals surface area contributed by atoms with Gasteiger partial charge in [-0.1, -0.05) is 60.9 Å². The van der Waals surface area contributed by atoms with Crippen molar-refractivity contribution in [2.75, 3.05) is 6.61 Å². The van der Waals surface area contributed by atoms with E-state index in [1.807, 2.05) is 18.2 Å². The molecule has 1 amide bonds. The largest absolute Gasteiger partial charge is 0.347 e. The van der Waals surface area contributed by atoms with Gasteiger partial charge in [-0.15, -0.1) is 0 Å². The second-order valence-corrected chi connectivity index (χ2v) is 7.65. The predicted molar refractivity (Wildman–Crippen MR) is 96.3 cm³/mol. The van der Waals surface area contributed by atoms with Gasteiger partial charge in [-0.05, 0) is 25.8 Å². The Balaban J connectivity index is 1.74. The van der Waals surface area contributed by atoms with E-state index < -0.39 is 5.72 Å². The summed E-state index contributed by atoms with van der Waals surface area (Å²) in [5.74, 6) is 0.596. The topological polar surface area (TPSA) is 29.5 Å². The van der Waals surface area contributed by atoms with Crippen LogP contribution in [0.25, 0.3) is 0 Å². The van der Waals surface area contributed by atoms with E-state index in [9.17, 15) is 4.79 Å². The van der Waals surface area contributed by atoms with E-state index in [-0.39, 0.29) is 11.9 Å². The highest BCUT2D eigenvalue weighted by atomic mass is 16.5. The summed E-state index contributed by atoms with van der Waals surface area (Å²) in [6, 6.07) is 16.8. The molecule has 3 heteroatoms. The molecule has 2 heterocycles. The zero-order valence-electron chi connectivity index (χ0n) is 14.6. The standard InChI is InChI=1S/C22H23NO2/c1-15-10-12-17(13-11-15)22-19-8-4-3-7-18(19)21(24)23(22)20-9-5-2-6-16(20)14-25-22/h3-4,7-8,10-13,16,20H,2,5-6,9,14H2,1H3/t16-,20-,22+/m1/s1. The maximum atomic E-state index is 13.4. The molecule has 1 saturated heterocycles. The van der Waals surface area contributed by atoms with Gasteiger partial charge in [0.15, 0.2) is 5.72 Å². The van der Waals surface area contributed by atoms with Crippen LogP contribution in [0.1, 0.15) is 52.7 Å². The van der Waals surface area contributed by atoms with Crippen LogP contribution < -0.4 is 0 Å². The van der Waals surface area contributed by atoms with Gasteiger partial charge in [0.05, 0.1) is 6.61 Å². The Labute approximate surface area is 148 Å². The number of rotatable bonds is 1. The van der Waals surface area contributed by atoms with Gasteiger partial charge >= 0.3 is 0 Å². The van der Waals surface area contributed by atoms with Gasteiger partial charge < -0.3 is 4.74 Å². The summed E-state index contributed by atoms with van der Waals surface area (Å²) in [5, 5.41) is 0. The lowest BCUT2D eigenvalue weighted by Gasteiger charge is -2.52. The van der Waals surface area contributed by atoms with Crippen molar-refractivity contribution in [3.63, 3.8) is 0 Å². The van der Waals surface area contributed by atoms with Crippen molar-refractivity contribution < 1.29 is 9.53 Å². The summed E-state index contributed by atoms with van der Waals surface area (Å²) in [5.41, 5.74) is 3.35. The number of hydrogen-bond acceptors (Lipinski definition) is 2. The van der Waals surface area contributed by atoms with Crippen LogP contribution in [0.5, 0.6) is 0 Å². The molecule has 5 rings (SSSR count). The number of carbonyl (C=O) groups excluding carboxylic acids is 1. The smallest absolute Gasteiger partial charge is 0.257 e. The Bertz CT molecular complexity index is 828. The molecule has 0 aromatic heterocycles. The molecule has 0 N–H and O–H groups in total. The minimum absolute atomic E-state index is 0.132. The molecule has 128 valence electrons. The van der Waals surface area contributed by atoms with Crippen LogP contribution in [0.3, 0.4) is 0 Å². The molecule has 2 fully saturated rings. The predicted octanol–water partition coefficient (Wildman–Crippen LogP) is 4.24. The van der Waals surface area contributed by atoms with Crippen LogP contribution in [0.2, 0.25) is 0 Å². The highest BCUT2D eigenvalue weighted by molar-refractivity contribution is 6.00. The van der Waals surface area contributed by atoms with Crippen LogP contribution in [-0.4, -0.2) is 23.5 Å². The van der Waals surface area contributed by atoms with Crippen molar-refractivity contribution in [3.05, 3.63) is 70.8 Å². The number of aryl methyl sites for hydroxylation is 1. The number of nitrogens with zero attached hydrogens (tertiary/aromatic N) is 1. The highest BCUT2D eigenvalue weighted by Gasteiger charge is 2.58. The van der Waals surface area contributed by atoms with Crippen molar-refractivity contribution in [3.8, 4) is 0 Å². The minimum atomic E-state index is -0.750. The first kappa shape index (κ1) is 15.2. The van der Waals surface area contributed by atoms with Gasteiger partial charge in [0.1, 0.15) is 0 Å². The lowest BCUT2D eigenvalue weighted by molar-refractivity contribution is -0.189. The third-order valence-corrected chi connectivity index (χ3v) is 6.23. The molecule has 0 bridgehead atoms. The van der Waals surface area contributed by atoms with Gasteiger partial charge in [-0.3, -0.25) is 9.69 Å². The van der Waals surface area contributed by atoms with E-state index in [1.165, 1.54) is 18.4 Å². The number of ether oxygens (including phenoxy) is 1. The summed E-state index contributed by atoms with van der Waals surface area (Å²) >= 11 is 0. The average molecular weight is 333 g/mol. The fraction of sp³-hybridized carbons (Fsp3) is 0.409. The molecule has 2 aromatic carbocycles. The van der Waals surface area contributed by atoms with Gasteiger partial charge in [0.2, 0.25) is 0 Å². The Morgan fingerprint density at radius 2 is 1.80 bits per heavy atom. The zero-order valence-corrected chi connectivity index (χ0v) is 14.6. The maximum Gasteiger partial charge on any atom is 0.257 e. The summed E-state index contributed by atoms with van der Waals surface area (Å²) < 4.78 is 6.59. The molecule has 1 aliphatic carbocycles. The van der Waals surface area contributed by atoms with Crippen molar-refractivity contribution in [1.29, 1.82) is 0 Å². The van der Waals surface area contributed by atoms with E-state index in [0.29, 0.717) is 5.92 Å². The van der Waals surface area contributed by atoms with Crippen LogP contribution >= 0.6 is 0 Å². The molecule has 0 unspecified atom stereocenters. The van der Waals surface area contributed by atoms with Crippen LogP contribution in [0.4, 0.5) is 0 Å². The molecule has 0 radical (unpaired) electrons. The quantitative estimate of drug-likeness (QED) is 0.781. The van der Waals surface area contributed by atoms with Crippen molar-refractivity contribution in [2.45, 2.75) is 44.4 Å². The molecule has 0 spiro atoms. The molecular formula is C22H23NO2. The molecule has 3 aliphatic rings. The van der Waals surface area contributed by atoms with E-state index in [1.54, 1.807) is 0 Å². The maximum absolute atomic E-state index is 13.4. The second-order valence-electron chi connectivity index (χ2n) is 7.65. The summed E-state index contributed by atoms with van der Waals surface area (Å²) in [6.07, 6.45) is 4.69. The Morgan fingerprint density at radius 1 is 1.04 bits per heavy atom. The number of hydrogen-bond donors (Lipinski definition) is 0. The lowest BCUT2D eigenvalue weighted by atomic mass is 9.80. The van der Waals surface area contributed by atoms with Crippen molar-refractivity contribution >= 4 is 5.91 Å². The number of fused-ring (bicyclic) bond motifs is 5. The molecule has 3 atom stereocenters. The minimum Gasteiger partial charge on any atom is -0.347 e. The summed E-state index contributed by atoms with van der Waals surface area (Å²) in [7, 11) is 0. The molecule has 25 heavy (non-hydrogen) atoms. The first-order chi connectivity index (χ1) is 12.2. The first-order valence-corrected chi connectivity index (χ1v) is 9.36. The Hall–Kier alpha value is -2.13. The van der Waals surface area contributed by atoms with Crippen LogP contribution in [0, 0.1) is 12.8 Å². The van der Waals surface area contributed by atoms with E-state index in [0.717, 1.165) is 36.1 Å². The van der Waals surface area contributed by atoms with Crippen molar-refractivity contribution in [1.82, 2.24) is 4.90 Å². The summed E-state index contributed by atoms with van der Waals surface area (Å²) in [4.78, 5) is 15.5. The van der Waals surface area contributed by atoms with Crippen molar-refractivity contribution in [2.24, 2.45) is 5.92 Å². The van der Waals surface area contributed by atoms with Gasteiger partial charge in [0.25, 0.3) is 5.91 Å². The number of amides is 1. The Kier molecular flexibility index (Phi) is 3.29. The van der Waals surface area contributed by atoms with Crippen LogP contribution in [-0.2, 0) is 10.5 Å². The molecular weight excluding hydrogens is 310 g/mol. The van der Waals surface area contributed by atoms with Gasteiger partial charge in [0, 0.05) is 28.7 Å². The molecule has 2 aliphatic heterocycles. The van der Waals surface area contributed by atoms with Gasteiger partial charge in [-0.2, -0.15) is 0 Å². The number of benzene rings is 2. The third-order valence-electron chi connectivity index (χ3n) is 6.23. The zero-order chi connectivity index (χ0) is 17.0. The molecule has 1 saturated carbocycles. The lowest BCUT2D eigenvalue weighted by Crippen LogP contribution is -2.60. The molecule has 2 aromatic rings. The fourth-order valence-electron chi connectivity index (χ4n) is 5.01. The average Bonchev–Trinajstić information content (AvgIpc) is 2.93. The second kappa shape index (κ2) is 5.43. The molecule has 3 nitrogen and oxygen atoms in total. The highest BCUT2D eigenvalue weighted by Crippen LogP contribution is 2.52. The van der Waals surface area contributed by atoms with E-state index in [4.69, 9.17) is 4.74 Å². The third kappa shape index (κ3) is 1.99. The summed E-state index contributed by atoms with van der Waals surface area (Å²) in [6.45, 7) is 2.82. The first-order valence-electron chi connectivity index (χ1n) is 9.36. The number of carbonyl (C=O) groups is 1. The Morgan fingerprint density at radius 3 is 2.64 bits per heavy atom. The van der Waals surface area contributed by atoms with E-state index in [2.05, 4.69) is 42.2 Å².